The third kappa shape index (κ3) is 10.4. The van der Waals surface area contributed by atoms with E-state index in [9.17, 15) is 22.8 Å². The lowest BCUT2D eigenvalue weighted by Crippen LogP contribution is -2.21. The van der Waals surface area contributed by atoms with Crippen LogP contribution in [0.15, 0.2) is 72.8 Å². The SMILES string of the molecule is Nc1cc(N)cc(C(=O)OCCCOC(=O)/C=C/c2ccc(OC(F)(F)c3ccc(OCCCCF)cc3)cc2)c1. The molecule has 3 aromatic rings. The Morgan fingerprint density at radius 2 is 1.41 bits per heavy atom. The van der Waals surface area contributed by atoms with Crippen molar-refractivity contribution in [3.8, 4) is 11.5 Å². The number of benzene rings is 3. The van der Waals surface area contributed by atoms with Crippen molar-refractivity contribution in [3.05, 3.63) is 89.5 Å². The van der Waals surface area contributed by atoms with Crippen LogP contribution in [0.3, 0.4) is 0 Å². The van der Waals surface area contributed by atoms with Gasteiger partial charge in [-0.15, -0.1) is 0 Å². The van der Waals surface area contributed by atoms with Gasteiger partial charge >= 0.3 is 18.0 Å². The van der Waals surface area contributed by atoms with Gasteiger partial charge in [0.1, 0.15) is 11.5 Å². The first kappa shape index (κ1) is 30.9. The fraction of sp³-hybridized carbons (Fsp3) is 0.267. The zero-order valence-electron chi connectivity index (χ0n) is 22.2. The maximum atomic E-state index is 14.6. The Morgan fingerprint density at radius 3 is 2.07 bits per heavy atom. The highest BCUT2D eigenvalue weighted by Gasteiger charge is 2.34. The van der Waals surface area contributed by atoms with Crippen LogP contribution in [-0.2, 0) is 20.4 Å². The standard InChI is InChI=1S/C30H31F3N2O6/c31-14-1-2-15-38-26-11-7-23(8-12-26)30(32,33)41-27-9-4-21(5-10-27)6-13-28(36)39-16-3-17-40-29(37)22-18-24(34)20-25(35)19-22/h4-13,18-20H,1-3,14-17,34-35H2/b13-6+. The minimum atomic E-state index is -3.59. The summed E-state index contributed by atoms with van der Waals surface area (Å²) in [7, 11) is 0. The van der Waals surface area contributed by atoms with Crippen LogP contribution >= 0.6 is 0 Å². The monoisotopic (exact) mass is 572 g/mol. The van der Waals surface area contributed by atoms with E-state index >= 15 is 0 Å². The number of hydrogen-bond donors (Lipinski definition) is 2. The van der Waals surface area contributed by atoms with Gasteiger partial charge in [-0.25, -0.2) is 9.59 Å². The fourth-order valence-electron chi connectivity index (χ4n) is 3.47. The summed E-state index contributed by atoms with van der Waals surface area (Å²) in [5, 5.41) is 0. The molecule has 0 amide bonds. The highest BCUT2D eigenvalue weighted by atomic mass is 19.3. The normalized spacial score (nSPS) is 11.3. The molecule has 0 atom stereocenters. The molecule has 0 radical (unpaired) electrons. The molecule has 0 bridgehead atoms. The number of anilines is 2. The predicted octanol–water partition coefficient (Wildman–Crippen LogP) is 5.91. The van der Waals surface area contributed by atoms with Gasteiger partial charge in [0.15, 0.2) is 0 Å². The molecule has 0 saturated carbocycles. The number of carbonyl (C=O) groups excluding carboxylic acids is 2. The molecule has 0 aromatic heterocycles. The second-order valence-electron chi connectivity index (χ2n) is 8.84. The minimum Gasteiger partial charge on any atom is -0.494 e. The Balaban J connectivity index is 1.39. The summed E-state index contributed by atoms with van der Waals surface area (Å²) in [6, 6.07) is 15.3. The number of nitrogen functional groups attached to an aromatic ring is 2. The fourth-order valence-corrected chi connectivity index (χ4v) is 3.47. The van der Waals surface area contributed by atoms with E-state index in [4.69, 9.17) is 30.4 Å². The molecular weight excluding hydrogens is 541 g/mol. The van der Waals surface area contributed by atoms with Crippen molar-refractivity contribution < 1.29 is 41.7 Å². The first-order valence-electron chi connectivity index (χ1n) is 12.8. The van der Waals surface area contributed by atoms with Crippen molar-refractivity contribution in [1.82, 2.24) is 0 Å². The van der Waals surface area contributed by atoms with Crippen molar-refractivity contribution in [2.75, 3.05) is 38.0 Å². The highest BCUT2D eigenvalue weighted by molar-refractivity contribution is 5.91. The van der Waals surface area contributed by atoms with E-state index < -0.39 is 24.7 Å². The van der Waals surface area contributed by atoms with Crippen molar-refractivity contribution in [1.29, 1.82) is 0 Å². The van der Waals surface area contributed by atoms with Gasteiger partial charge < -0.3 is 30.4 Å². The summed E-state index contributed by atoms with van der Waals surface area (Å²) in [4.78, 5) is 24.0. The van der Waals surface area contributed by atoms with E-state index in [0.717, 1.165) is 0 Å². The Morgan fingerprint density at radius 1 is 0.780 bits per heavy atom. The van der Waals surface area contributed by atoms with Crippen LogP contribution in [0.2, 0.25) is 0 Å². The van der Waals surface area contributed by atoms with Gasteiger partial charge in [-0.3, -0.25) is 4.39 Å². The van der Waals surface area contributed by atoms with E-state index in [1.807, 2.05) is 0 Å². The Hall–Kier alpha value is -4.67. The summed E-state index contributed by atoms with van der Waals surface area (Å²) >= 11 is 0. The van der Waals surface area contributed by atoms with Crippen molar-refractivity contribution in [2.45, 2.75) is 25.4 Å². The maximum absolute atomic E-state index is 14.6. The number of rotatable bonds is 15. The molecule has 0 heterocycles. The molecule has 3 aromatic carbocycles. The zero-order valence-corrected chi connectivity index (χ0v) is 22.2. The largest absolute Gasteiger partial charge is 0.494 e. The number of esters is 2. The quantitative estimate of drug-likeness (QED) is 0.0997. The lowest BCUT2D eigenvalue weighted by atomic mass is 10.2. The van der Waals surface area contributed by atoms with E-state index in [1.165, 1.54) is 78.9 Å². The smallest absolute Gasteiger partial charge is 0.426 e. The van der Waals surface area contributed by atoms with E-state index in [2.05, 4.69) is 0 Å². The molecule has 4 N–H and O–H groups in total. The van der Waals surface area contributed by atoms with Gasteiger partial charge in [0.05, 0.1) is 37.6 Å². The molecular formula is C30H31F3N2O6. The summed E-state index contributed by atoms with van der Waals surface area (Å²) < 4.78 is 61.8. The molecule has 0 saturated heterocycles. The van der Waals surface area contributed by atoms with Gasteiger partial charge in [-0.2, -0.15) is 8.78 Å². The van der Waals surface area contributed by atoms with Crippen LogP contribution in [-0.4, -0.2) is 38.4 Å². The molecule has 41 heavy (non-hydrogen) atoms. The van der Waals surface area contributed by atoms with Gasteiger partial charge in [-0.05, 0) is 79.1 Å². The van der Waals surface area contributed by atoms with Crippen LogP contribution < -0.4 is 20.9 Å². The van der Waals surface area contributed by atoms with Gasteiger partial charge in [0, 0.05) is 23.9 Å². The van der Waals surface area contributed by atoms with Gasteiger partial charge in [-0.1, -0.05) is 12.1 Å². The van der Waals surface area contributed by atoms with Crippen LogP contribution in [0.1, 0.15) is 40.7 Å². The molecule has 0 fully saturated rings. The molecule has 0 unspecified atom stereocenters. The minimum absolute atomic E-state index is 0.0175. The lowest BCUT2D eigenvalue weighted by molar-refractivity contribution is -0.185. The Bertz CT molecular complexity index is 1290. The number of carbonyl (C=O) groups is 2. The molecule has 0 spiro atoms. The first-order valence-corrected chi connectivity index (χ1v) is 12.8. The predicted molar refractivity (Wildman–Crippen MR) is 148 cm³/mol. The van der Waals surface area contributed by atoms with Crippen LogP contribution in [0.5, 0.6) is 11.5 Å². The topological polar surface area (TPSA) is 123 Å². The molecule has 0 aliphatic heterocycles. The average Bonchev–Trinajstić information content (AvgIpc) is 2.94. The summed E-state index contributed by atoms with van der Waals surface area (Å²) in [6.45, 7) is -0.0880. The van der Waals surface area contributed by atoms with E-state index in [1.54, 1.807) is 0 Å². The molecule has 0 aliphatic carbocycles. The Labute approximate surface area is 235 Å². The molecule has 0 aliphatic rings. The number of ether oxygens (including phenoxy) is 4. The van der Waals surface area contributed by atoms with Crippen LogP contribution in [0, 0.1) is 0 Å². The average molecular weight is 573 g/mol. The molecule has 218 valence electrons. The first-order chi connectivity index (χ1) is 19.7. The highest BCUT2D eigenvalue weighted by Crippen LogP contribution is 2.32. The number of halogens is 3. The maximum Gasteiger partial charge on any atom is 0.426 e. The number of nitrogens with two attached hydrogens (primary N) is 2. The van der Waals surface area contributed by atoms with E-state index in [-0.39, 0.29) is 36.5 Å². The summed E-state index contributed by atoms with van der Waals surface area (Å²) in [5.41, 5.74) is 12.4. The zero-order chi connectivity index (χ0) is 29.7. The van der Waals surface area contributed by atoms with Crippen molar-refractivity contribution in [3.63, 3.8) is 0 Å². The number of alkyl halides is 3. The molecule has 11 heteroatoms. The molecule has 8 nitrogen and oxygen atoms in total. The summed E-state index contributed by atoms with van der Waals surface area (Å²) in [6.07, 6.45) is 0.246. The van der Waals surface area contributed by atoms with Crippen molar-refractivity contribution in [2.24, 2.45) is 0 Å². The van der Waals surface area contributed by atoms with Gasteiger partial charge in [0.2, 0.25) is 0 Å². The second-order valence-corrected chi connectivity index (χ2v) is 8.84. The number of hydrogen-bond acceptors (Lipinski definition) is 8. The van der Waals surface area contributed by atoms with Crippen LogP contribution in [0.25, 0.3) is 6.08 Å². The molecule has 3 rings (SSSR count). The summed E-state index contributed by atoms with van der Waals surface area (Å²) in [5.74, 6) is -0.884. The second kappa shape index (κ2) is 15.2. The van der Waals surface area contributed by atoms with Gasteiger partial charge in [0.25, 0.3) is 0 Å². The third-order valence-electron chi connectivity index (χ3n) is 5.50. The Kier molecular flexibility index (Phi) is 11.4. The number of unbranched alkanes of at least 4 members (excludes halogenated alkanes) is 1. The van der Waals surface area contributed by atoms with E-state index in [0.29, 0.717) is 42.1 Å². The van der Waals surface area contributed by atoms with Crippen LogP contribution in [0.4, 0.5) is 24.5 Å². The third-order valence-corrected chi connectivity index (χ3v) is 5.50. The lowest BCUT2D eigenvalue weighted by Gasteiger charge is -2.18. The van der Waals surface area contributed by atoms with Crippen molar-refractivity contribution >= 4 is 29.4 Å².